The van der Waals surface area contributed by atoms with Crippen LogP contribution in [0.5, 0.6) is 0 Å². The van der Waals surface area contributed by atoms with Gasteiger partial charge < -0.3 is 0 Å². The maximum absolute atomic E-state index is 12.5. The average Bonchev–Trinajstić information content (AvgIpc) is 2.75. The fraction of sp³-hybridized carbons (Fsp3) is 0.0909. The highest BCUT2D eigenvalue weighted by Gasteiger charge is 2.30. The summed E-state index contributed by atoms with van der Waals surface area (Å²) < 4.78 is 63.8. The molecule has 0 atom stereocenters. The number of sulfonamides is 1. The van der Waals surface area contributed by atoms with Crippen molar-refractivity contribution < 1.29 is 21.6 Å². The summed E-state index contributed by atoms with van der Waals surface area (Å²) >= 11 is 6.45. The van der Waals surface area contributed by atoms with Gasteiger partial charge in [0.15, 0.2) is 0 Å². The van der Waals surface area contributed by atoms with Gasteiger partial charge in [-0.3, -0.25) is 4.72 Å². The summed E-state index contributed by atoms with van der Waals surface area (Å²) in [4.78, 5) is 0. The van der Waals surface area contributed by atoms with E-state index in [2.05, 4.69) is 4.72 Å². The zero-order valence-electron chi connectivity index (χ0n) is 9.61. The Kier molecular flexibility index (Phi) is 3.99. The molecule has 0 aliphatic heterocycles. The molecular formula is C11H7ClF3NO2S2. The Morgan fingerprint density at radius 2 is 1.85 bits per heavy atom. The normalized spacial score (nSPS) is 12.4. The van der Waals surface area contributed by atoms with Crippen molar-refractivity contribution in [3.63, 3.8) is 0 Å². The molecule has 0 bridgehead atoms. The highest BCUT2D eigenvalue weighted by Crippen LogP contribution is 2.32. The third-order valence-electron chi connectivity index (χ3n) is 2.26. The predicted molar refractivity (Wildman–Crippen MR) is 71.6 cm³/mol. The third kappa shape index (κ3) is 3.44. The van der Waals surface area contributed by atoms with Gasteiger partial charge in [-0.05, 0) is 30.3 Å². The molecule has 1 aromatic carbocycles. The molecule has 0 radical (unpaired) electrons. The molecule has 3 nitrogen and oxygen atoms in total. The molecule has 1 aromatic heterocycles. The number of anilines is 1. The lowest BCUT2D eigenvalue weighted by atomic mass is 10.2. The van der Waals surface area contributed by atoms with Gasteiger partial charge in [-0.1, -0.05) is 17.7 Å². The van der Waals surface area contributed by atoms with Crippen molar-refractivity contribution in [1.29, 1.82) is 0 Å². The Morgan fingerprint density at radius 3 is 2.40 bits per heavy atom. The molecular weight excluding hydrogens is 335 g/mol. The lowest BCUT2D eigenvalue weighted by molar-refractivity contribution is -0.137. The fourth-order valence-electron chi connectivity index (χ4n) is 1.41. The minimum atomic E-state index is -4.53. The Balaban J connectivity index is 2.31. The first-order chi connectivity index (χ1) is 9.18. The molecule has 0 aliphatic rings. The molecule has 0 unspecified atom stereocenters. The van der Waals surface area contributed by atoms with E-state index < -0.39 is 21.8 Å². The summed E-state index contributed by atoms with van der Waals surface area (Å²) in [5.41, 5.74) is -1.09. The Labute approximate surface area is 122 Å². The van der Waals surface area contributed by atoms with E-state index in [0.29, 0.717) is 0 Å². The van der Waals surface area contributed by atoms with Crippen molar-refractivity contribution in [1.82, 2.24) is 0 Å². The van der Waals surface area contributed by atoms with Crippen LogP contribution in [0.4, 0.5) is 18.9 Å². The number of alkyl halides is 3. The predicted octanol–water partition coefficient (Wildman–Crippen LogP) is 4.22. The van der Waals surface area contributed by atoms with E-state index in [0.717, 1.165) is 29.5 Å². The number of halogens is 4. The second-order valence-electron chi connectivity index (χ2n) is 3.74. The topological polar surface area (TPSA) is 46.2 Å². The first-order valence-electron chi connectivity index (χ1n) is 5.14. The molecule has 20 heavy (non-hydrogen) atoms. The quantitative estimate of drug-likeness (QED) is 0.908. The molecule has 0 fully saturated rings. The van der Waals surface area contributed by atoms with Crippen LogP contribution in [0, 0.1) is 0 Å². The number of benzene rings is 1. The van der Waals surface area contributed by atoms with E-state index in [1.807, 2.05) is 0 Å². The van der Waals surface area contributed by atoms with Crippen LogP contribution in [0.3, 0.4) is 0 Å². The SMILES string of the molecule is O=S(=O)(Nc1cccc(C(F)(F)F)c1)c1ccc(Cl)s1. The van der Waals surface area contributed by atoms with Crippen LogP contribution >= 0.6 is 22.9 Å². The zero-order chi connectivity index (χ0) is 15.0. The van der Waals surface area contributed by atoms with Crippen molar-refractivity contribution in [3.05, 3.63) is 46.3 Å². The Hall–Kier alpha value is -1.25. The van der Waals surface area contributed by atoms with Gasteiger partial charge in [0.1, 0.15) is 4.21 Å². The van der Waals surface area contributed by atoms with Crippen LogP contribution < -0.4 is 4.72 Å². The second kappa shape index (κ2) is 5.27. The molecule has 2 rings (SSSR count). The number of hydrogen-bond donors (Lipinski definition) is 1. The van der Waals surface area contributed by atoms with Crippen molar-refractivity contribution in [2.24, 2.45) is 0 Å². The van der Waals surface area contributed by atoms with Gasteiger partial charge in [0, 0.05) is 5.69 Å². The molecule has 108 valence electrons. The van der Waals surface area contributed by atoms with E-state index in [1.54, 1.807) is 0 Å². The summed E-state index contributed by atoms with van der Waals surface area (Å²) in [5.74, 6) is 0. The highest BCUT2D eigenvalue weighted by molar-refractivity contribution is 7.94. The van der Waals surface area contributed by atoms with Crippen molar-refractivity contribution in [3.8, 4) is 0 Å². The smallest absolute Gasteiger partial charge is 0.279 e. The van der Waals surface area contributed by atoms with Gasteiger partial charge in [-0.2, -0.15) is 13.2 Å². The lowest BCUT2D eigenvalue weighted by Crippen LogP contribution is -2.12. The maximum atomic E-state index is 12.5. The van der Waals surface area contributed by atoms with Crippen LogP contribution in [0.25, 0.3) is 0 Å². The van der Waals surface area contributed by atoms with E-state index in [1.165, 1.54) is 18.2 Å². The van der Waals surface area contributed by atoms with E-state index in [4.69, 9.17) is 11.6 Å². The van der Waals surface area contributed by atoms with Crippen LogP contribution in [-0.2, 0) is 16.2 Å². The van der Waals surface area contributed by atoms with Gasteiger partial charge in [-0.15, -0.1) is 11.3 Å². The first-order valence-corrected chi connectivity index (χ1v) is 7.82. The molecule has 1 heterocycles. The zero-order valence-corrected chi connectivity index (χ0v) is 12.0. The van der Waals surface area contributed by atoms with Gasteiger partial charge in [0.2, 0.25) is 0 Å². The fourth-order valence-corrected chi connectivity index (χ4v) is 3.94. The van der Waals surface area contributed by atoms with Crippen molar-refractivity contribution in [2.75, 3.05) is 4.72 Å². The van der Waals surface area contributed by atoms with Gasteiger partial charge in [0.05, 0.1) is 9.90 Å². The molecule has 1 N–H and O–H groups in total. The largest absolute Gasteiger partial charge is 0.416 e. The third-order valence-corrected chi connectivity index (χ3v) is 5.36. The summed E-state index contributed by atoms with van der Waals surface area (Å²) in [6.45, 7) is 0. The molecule has 0 saturated heterocycles. The van der Waals surface area contributed by atoms with Gasteiger partial charge >= 0.3 is 6.18 Å². The van der Waals surface area contributed by atoms with Gasteiger partial charge in [0.25, 0.3) is 10.0 Å². The van der Waals surface area contributed by atoms with Crippen molar-refractivity contribution >= 4 is 38.6 Å². The number of rotatable bonds is 3. The first kappa shape index (κ1) is 15.1. The lowest BCUT2D eigenvalue weighted by Gasteiger charge is -2.10. The number of nitrogens with one attached hydrogen (secondary N) is 1. The van der Waals surface area contributed by atoms with Crippen LogP contribution in [0.1, 0.15) is 5.56 Å². The summed E-state index contributed by atoms with van der Waals surface area (Å²) in [7, 11) is -3.94. The van der Waals surface area contributed by atoms with Crippen molar-refractivity contribution in [2.45, 2.75) is 10.4 Å². The monoisotopic (exact) mass is 341 g/mol. The summed E-state index contributed by atoms with van der Waals surface area (Å²) in [6, 6.07) is 6.63. The van der Waals surface area contributed by atoms with Gasteiger partial charge in [-0.25, -0.2) is 8.42 Å². The molecule has 0 aliphatic carbocycles. The minimum Gasteiger partial charge on any atom is -0.279 e. The highest BCUT2D eigenvalue weighted by atomic mass is 35.5. The number of hydrogen-bond acceptors (Lipinski definition) is 3. The van der Waals surface area contributed by atoms with Crippen LogP contribution in [0.15, 0.2) is 40.6 Å². The maximum Gasteiger partial charge on any atom is 0.416 e. The molecule has 2 aromatic rings. The minimum absolute atomic E-state index is 0.0695. The molecule has 9 heteroatoms. The van der Waals surface area contributed by atoms with E-state index in [9.17, 15) is 21.6 Å². The van der Waals surface area contributed by atoms with Crippen LogP contribution in [-0.4, -0.2) is 8.42 Å². The standard InChI is InChI=1S/C11H7ClF3NO2S2/c12-9-4-5-10(19-9)20(17,18)16-8-3-1-2-7(6-8)11(13,14)15/h1-6,16H. The Morgan fingerprint density at radius 1 is 1.15 bits per heavy atom. The average molecular weight is 342 g/mol. The molecule has 0 amide bonds. The molecule has 0 spiro atoms. The summed E-state index contributed by atoms with van der Waals surface area (Å²) in [6.07, 6.45) is -4.53. The second-order valence-corrected chi connectivity index (χ2v) is 7.37. The number of thiophene rings is 1. The van der Waals surface area contributed by atoms with E-state index >= 15 is 0 Å². The van der Waals surface area contributed by atoms with E-state index in [-0.39, 0.29) is 14.2 Å². The Bertz CT molecular complexity index is 725. The molecule has 0 saturated carbocycles. The summed E-state index contributed by atoms with van der Waals surface area (Å²) in [5, 5.41) is 0. The van der Waals surface area contributed by atoms with Crippen LogP contribution in [0.2, 0.25) is 4.34 Å².